The summed E-state index contributed by atoms with van der Waals surface area (Å²) in [6.45, 7) is 2.19. The number of hydrogen-bond acceptors (Lipinski definition) is 4. The van der Waals surface area contributed by atoms with E-state index in [-0.39, 0.29) is 5.41 Å². The van der Waals surface area contributed by atoms with E-state index in [1.807, 2.05) is 12.1 Å². The lowest BCUT2D eigenvalue weighted by Crippen LogP contribution is -2.49. The molecular formula is C14H15BrN2OS. The molecule has 1 aromatic heterocycles. The Morgan fingerprint density at radius 3 is 2.63 bits per heavy atom. The van der Waals surface area contributed by atoms with Gasteiger partial charge in [0.05, 0.1) is 23.9 Å². The van der Waals surface area contributed by atoms with Gasteiger partial charge in [-0.15, -0.1) is 11.3 Å². The Labute approximate surface area is 124 Å². The summed E-state index contributed by atoms with van der Waals surface area (Å²) in [4.78, 5) is 4.72. The molecule has 1 aliphatic rings. The lowest BCUT2D eigenvalue weighted by molar-refractivity contribution is -0.106. The molecule has 2 N–H and O–H groups in total. The van der Waals surface area contributed by atoms with E-state index in [0.29, 0.717) is 6.54 Å². The molecule has 1 aromatic carbocycles. The number of ether oxygens (including phenoxy) is 1. The van der Waals surface area contributed by atoms with Crippen LogP contribution in [-0.2, 0) is 11.2 Å². The summed E-state index contributed by atoms with van der Waals surface area (Å²) in [5.74, 6) is 0. The zero-order valence-corrected chi connectivity index (χ0v) is 12.8. The van der Waals surface area contributed by atoms with Crippen LogP contribution in [0.3, 0.4) is 0 Å². The fourth-order valence-corrected chi connectivity index (χ4v) is 3.39. The van der Waals surface area contributed by atoms with Crippen molar-refractivity contribution in [1.29, 1.82) is 0 Å². The molecule has 0 saturated carbocycles. The van der Waals surface area contributed by atoms with Gasteiger partial charge in [-0.05, 0) is 12.1 Å². The van der Waals surface area contributed by atoms with E-state index in [1.165, 1.54) is 0 Å². The van der Waals surface area contributed by atoms with Crippen LogP contribution in [0.1, 0.15) is 5.01 Å². The minimum absolute atomic E-state index is 0.120. The molecule has 0 radical (unpaired) electrons. The van der Waals surface area contributed by atoms with Crippen LogP contribution in [0.2, 0.25) is 0 Å². The largest absolute Gasteiger partial charge is 0.380 e. The second-order valence-corrected chi connectivity index (χ2v) is 6.87. The summed E-state index contributed by atoms with van der Waals surface area (Å²) in [5.41, 5.74) is 8.15. The van der Waals surface area contributed by atoms with Gasteiger partial charge < -0.3 is 10.5 Å². The third-order valence-corrected chi connectivity index (χ3v) is 4.84. The zero-order valence-electron chi connectivity index (χ0n) is 10.4. The Balaban J connectivity index is 1.77. The Morgan fingerprint density at radius 2 is 2.05 bits per heavy atom. The van der Waals surface area contributed by atoms with Crippen molar-refractivity contribution in [2.75, 3.05) is 19.8 Å². The molecule has 1 fully saturated rings. The Morgan fingerprint density at radius 1 is 1.32 bits per heavy atom. The minimum atomic E-state index is 0.120. The van der Waals surface area contributed by atoms with Crippen LogP contribution in [-0.4, -0.2) is 24.7 Å². The summed E-state index contributed by atoms with van der Waals surface area (Å²) < 4.78 is 6.38. The Bertz CT molecular complexity index is 558. The number of nitrogens with zero attached hydrogens (tertiary/aromatic N) is 1. The smallest absolute Gasteiger partial charge is 0.0940 e. The first-order valence-corrected chi connectivity index (χ1v) is 7.86. The van der Waals surface area contributed by atoms with E-state index in [0.717, 1.165) is 40.4 Å². The maximum absolute atomic E-state index is 5.84. The first kappa shape index (κ1) is 13.2. The van der Waals surface area contributed by atoms with E-state index in [4.69, 9.17) is 15.5 Å². The summed E-state index contributed by atoms with van der Waals surface area (Å²) >= 11 is 5.15. The van der Waals surface area contributed by atoms with Gasteiger partial charge in [-0.1, -0.05) is 28.1 Å². The van der Waals surface area contributed by atoms with Gasteiger partial charge in [-0.2, -0.15) is 0 Å². The molecule has 3 nitrogen and oxygen atoms in total. The van der Waals surface area contributed by atoms with Gasteiger partial charge in [0.1, 0.15) is 0 Å². The SMILES string of the molecule is NCC1(Cc2nc(-c3ccc(Br)cc3)cs2)COC1. The zero-order chi connectivity index (χ0) is 13.3. The summed E-state index contributed by atoms with van der Waals surface area (Å²) in [6.07, 6.45) is 0.921. The minimum Gasteiger partial charge on any atom is -0.380 e. The topological polar surface area (TPSA) is 48.1 Å². The number of halogens is 1. The van der Waals surface area contributed by atoms with Crippen molar-refractivity contribution < 1.29 is 4.74 Å². The van der Waals surface area contributed by atoms with Crippen LogP contribution >= 0.6 is 27.3 Å². The fourth-order valence-electron chi connectivity index (χ4n) is 2.15. The van der Waals surface area contributed by atoms with E-state index in [1.54, 1.807) is 11.3 Å². The first-order valence-electron chi connectivity index (χ1n) is 6.19. The van der Waals surface area contributed by atoms with Crippen molar-refractivity contribution in [2.24, 2.45) is 11.1 Å². The molecule has 0 spiro atoms. The van der Waals surface area contributed by atoms with Gasteiger partial charge in [0, 0.05) is 33.8 Å². The molecule has 3 rings (SSSR count). The molecule has 0 atom stereocenters. The highest BCUT2D eigenvalue weighted by Gasteiger charge is 2.38. The van der Waals surface area contributed by atoms with Crippen molar-refractivity contribution in [2.45, 2.75) is 6.42 Å². The average molecular weight is 339 g/mol. The van der Waals surface area contributed by atoms with Gasteiger partial charge >= 0.3 is 0 Å². The summed E-state index contributed by atoms with van der Waals surface area (Å²) in [6, 6.07) is 8.23. The lowest BCUT2D eigenvalue weighted by atomic mass is 9.83. The molecule has 2 aromatic rings. The second-order valence-electron chi connectivity index (χ2n) is 5.01. The number of thiazole rings is 1. The number of nitrogens with two attached hydrogens (primary N) is 1. The predicted molar refractivity (Wildman–Crippen MR) is 81.3 cm³/mol. The van der Waals surface area contributed by atoms with Gasteiger partial charge in [0.25, 0.3) is 0 Å². The molecule has 0 amide bonds. The van der Waals surface area contributed by atoms with Crippen LogP contribution < -0.4 is 5.73 Å². The number of hydrogen-bond donors (Lipinski definition) is 1. The van der Waals surface area contributed by atoms with E-state index in [2.05, 4.69) is 33.4 Å². The summed E-state index contributed by atoms with van der Waals surface area (Å²) in [7, 11) is 0. The molecule has 1 saturated heterocycles. The van der Waals surface area contributed by atoms with Gasteiger partial charge in [0.15, 0.2) is 0 Å². The molecule has 5 heteroatoms. The highest BCUT2D eigenvalue weighted by molar-refractivity contribution is 9.10. The monoisotopic (exact) mass is 338 g/mol. The quantitative estimate of drug-likeness (QED) is 0.931. The Hall–Kier alpha value is -0.750. The fraction of sp³-hybridized carbons (Fsp3) is 0.357. The predicted octanol–water partition coefficient (Wildman–Crippen LogP) is 3.09. The van der Waals surface area contributed by atoms with Crippen LogP contribution in [0.15, 0.2) is 34.1 Å². The van der Waals surface area contributed by atoms with Crippen molar-refractivity contribution >= 4 is 27.3 Å². The number of rotatable bonds is 4. The van der Waals surface area contributed by atoms with Crippen molar-refractivity contribution in [3.8, 4) is 11.3 Å². The maximum Gasteiger partial charge on any atom is 0.0940 e. The highest BCUT2D eigenvalue weighted by atomic mass is 79.9. The summed E-state index contributed by atoms with van der Waals surface area (Å²) in [5, 5.41) is 3.26. The van der Waals surface area contributed by atoms with E-state index >= 15 is 0 Å². The molecule has 0 bridgehead atoms. The van der Waals surface area contributed by atoms with Crippen LogP contribution in [0.25, 0.3) is 11.3 Å². The molecule has 0 aliphatic carbocycles. The maximum atomic E-state index is 5.84. The molecular weight excluding hydrogens is 324 g/mol. The normalized spacial score (nSPS) is 17.2. The molecule has 0 unspecified atom stereocenters. The number of aromatic nitrogens is 1. The second kappa shape index (κ2) is 5.32. The molecule has 1 aliphatic heterocycles. The molecule has 2 heterocycles. The standard InChI is InChI=1S/C14H15BrN2OS/c15-11-3-1-10(2-4-11)12-6-19-13(17-12)5-14(7-16)8-18-9-14/h1-4,6H,5,7-9,16H2. The number of benzene rings is 1. The van der Waals surface area contributed by atoms with Crippen molar-refractivity contribution in [3.05, 3.63) is 39.1 Å². The average Bonchev–Trinajstić information content (AvgIpc) is 2.83. The van der Waals surface area contributed by atoms with E-state index in [9.17, 15) is 0 Å². The first-order chi connectivity index (χ1) is 9.21. The third kappa shape index (κ3) is 2.74. The van der Waals surface area contributed by atoms with Gasteiger partial charge in [-0.25, -0.2) is 4.98 Å². The van der Waals surface area contributed by atoms with Crippen LogP contribution in [0.5, 0.6) is 0 Å². The highest BCUT2D eigenvalue weighted by Crippen LogP contribution is 2.33. The third-order valence-electron chi connectivity index (χ3n) is 3.47. The lowest BCUT2D eigenvalue weighted by Gasteiger charge is -2.39. The van der Waals surface area contributed by atoms with Crippen LogP contribution in [0.4, 0.5) is 0 Å². The van der Waals surface area contributed by atoms with Crippen molar-refractivity contribution in [3.63, 3.8) is 0 Å². The molecule has 100 valence electrons. The van der Waals surface area contributed by atoms with Gasteiger partial charge in [-0.3, -0.25) is 0 Å². The van der Waals surface area contributed by atoms with Crippen LogP contribution in [0, 0.1) is 5.41 Å². The molecule has 19 heavy (non-hydrogen) atoms. The van der Waals surface area contributed by atoms with Gasteiger partial charge in [0.2, 0.25) is 0 Å². The van der Waals surface area contributed by atoms with Crippen molar-refractivity contribution in [1.82, 2.24) is 4.98 Å². The Kier molecular flexibility index (Phi) is 3.71. The van der Waals surface area contributed by atoms with E-state index < -0.39 is 0 Å².